The second kappa shape index (κ2) is 6.01. The number of benzene rings is 1. The predicted octanol–water partition coefficient (Wildman–Crippen LogP) is 5.62. The van der Waals surface area contributed by atoms with Crippen molar-refractivity contribution in [2.75, 3.05) is 0 Å². The van der Waals surface area contributed by atoms with Gasteiger partial charge in [-0.1, -0.05) is 18.9 Å². The molecule has 0 bridgehead atoms. The van der Waals surface area contributed by atoms with Crippen molar-refractivity contribution in [2.45, 2.75) is 44.4 Å². The highest BCUT2D eigenvalue weighted by molar-refractivity contribution is 9.10. The summed E-state index contributed by atoms with van der Waals surface area (Å²) < 4.78 is 0.806. The zero-order chi connectivity index (χ0) is 16.0. The van der Waals surface area contributed by atoms with Gasteiger partial charge in [-0.15, -0.1) is 0 Å². The highest BCUT2D eigenvalue weighted by Gasteiger charge is 2.41. The molecule has 3 aliphatic carbocycles. The third-order valence-corrected chi connectivity index (χ3v) is 6.73. The number of phenols is 1. The quantitative estimate of drug-likeness (QED) is 0.669. The molecule has 2 nitrogen and oxygen atoms in total. The lowest BCUT2D eigenvalue weighted by Crippen LogP contribution is -2.36. The van der Waals surface area contributed by atoms with Crippen LogP contribution in [0.15, 0.2) is 40.6 Å². The van der Waals surface area contributed by atoms with Gasteiger partial charge in [-0.05, 0) is 101 Å². The maximum atomic E-state index is 10.1. The maximum absolute atomic E-state index is 10.1. The molecule has 122 valence electrons. The van der Waals surface area contributed by atoms with Crippen LogP contribution in [0.5, 0.6) is 5.75 Å². The molecule has 0 aromatic heterocycles. The van der Waals surface area contributed by atoms with Crippen LogP contribution in [-0.4, -0.2) is 10.2 Å². The number of phenolic OH excluding ortho intramolecular Hbond substituents is 1. The molecule has 4 rings (SSSR count). The first kappa shape index (κ1) is 15.3. The van der Waals surface area contributed by atoms with Crippen LogP contribution < -0.4 is 0 Å². The van der Waals surface area contributed by atoms with Crippen molar-refractivity contribution in [1.29, 1.82) is 0 Å². The molecule has 0 spiro atoms. The second-order valence-electron chi connectivity index (χ2n) is 7.31. The van der Waals surface area contributed by atoms with E-state index in [0.717, 1.165) is 17.3 Å². The number of aromatic hydroxyl groups is 1. The van der Waals surface area contributed by atoms with Gasteiger partial charge in [0.05, 0.1) is 4.47 Å². The molecule has 4 atom stereocenters. The lowest BCUT2D eigenvalue weighted by molar-refractivity contribution is 0.155. The minimum Gasteiger partial charge on any atom is -0.508 e. The van der Waals surface area contributed by atoms with Crippen molar-refractivity contribution in [3.05, 3.63) is 51.7 Å². The average Bonchev–Trinajstić information content (AvgIpc) is 2.56. The number of aliphatic hydroxyl groups is 1. The number of allylic oxidation sites excluding steroid dienone is 3. The van der Waals surface area contributed by atoms with Crippen LogP contribution >= 0.6 is 15.9 Å². The summed E-state index contributed by atoms with van der Waals surface area (Å²) in [6, 6.07) is 4.13. The van der Waals surface area contributed by atoms with Gasteiger partial charge in [0.2, 0.25) is 0 Å². The smallest absolute Gasteiger partial charge is 0.130 e. The SMILES string of the molecule is OC1=CCC([C@@H]2Cc3cc(Br)c(O)cc3[C@@H]3CCCC[C@@H]32)C=C1. The van der Waals surface area contributed by atoms with E-state index in [1.165, 1.54) is 36.8 Å². The van der Waals surface area contributed by atoms with Gasteiger partial charge in [-0.3, -0.25) is 0 Å². The molecular formula is C20H23BrO2. The van der Waals surface area contributed by atoms with Gasteiger partial charge in [0.15, 0.2) is 0 Å². The molecule has 0 amide bonds. The molecule has 1 fully saturated rings. The first-order chi connectivity index (χ1) is 11.1. The minimum atomic E-state index is 0.372. The summed E-state index contributed by atoms with van der Waals surface area (Å²) in [4.78, 5) is 0. The van der Waals surface area contributed by atoms with Crippen LogP contribution in [0.25, 0.3) is 0 Å². The Balaban J connectivity index is 1.71. The van der Waals surface area contributed by atoms with E-state index in [1.54, 1.807) is 0 Å². The van der Waals surface area contributed by atoms with Crippen molar-refractivity contribution in [1.82, 2.24) is 0 Å². The van der Waals surface area contributed by atoms with Crippen molar-refractivity contribution < 1.29 is 10.2 Å². The van der Waals surface area contributed by atoms with Crippen molar-refractivity contribution in [3.8, 4) is 5.75 Å². The zero-order valence-electron chi connectivity index (χ0n) is 13.2. The van der Waals surface area contributed by atoms with E-state index >= 15 is 0 Å². The van der Waals surface area contributed by atoms with Gasteiger partial charge in [0.25, 0.3) is 0 Å². The third kappa shape index (κ3) is 2.73. The average molecular weight is 375 g/mol. The summed E-state index contributed by atoms with van der Waals surface area (Å²) in [5.41, 5.74) is 2.78. The van der Waals surface area contributed by atoms with Gasteiger partial charge in [0, 0.05) is 0 Å². The van der Waals surface area contributed by atoms with E-state index < -0.39 is 0 Å². The van der Waals surface area contributed by atoms with Crippen LogP contribution in [0.1, 0.15) is 49.1 Å². The van der Waals surface area contributed by atoms with Gasteiger partial charge in [-0.2, -0.15) is 0 Å². The van der Waals surface area contributed by atoms with Gasteiger partial charge < -0.3 is 10.2 Å². The monoisotopic (exact) mass is 374 g/mol. The van der Waals surface area contributed by atoms with Crippen LogP contribution in [0.2, 0.25) is 0 Å². The summed E-state index contributed by atoms with van der Waals surface area (Å²) in [6.07, 6.45) is 13.2. The van der Waals surface area contributed by atoms with Crippen LogP contribution in [0.4, 0.5) is 0 Å². The topological polar surface area (TPSA) is 40.5 Å². The maximum Gasteiger partial charge on any atom is 0.130 e. The van der Waals surface area contributed by atoms with Crippen molar-refractivity contribution in [3.63, 3.8) is 0 Å². The van der Waals surface area contributed by atoms with Crippen molar-refractivity contribution in [2.24, 2.45) is 17.8 Å². The molecule has 3 heteroatoms. The van der Waals surface area contributed by atoms with Crippen LogP contribution in [-0.2, 0) is 6.42 Å². The number of hydrogen-bond acceptors (Lipinski definition) is 2. The minimum absolute atomic E-state index is 0.372. The van der Waals surface area contributed by atoms with Gasteiger partial charge in [-0.25, -0.2) is 0 Å². The Morgan fingerprint density at radius 3 is 2.65 bits per heavy atom. The Morgan fingerprint density at radius 1 is 1.04 bits per heavy atom. The highest BCUT2D eigenvalue weighted by atomic mass is 79.9. The van der Waals surface area contributed by atoms with Crippen molar-refractivity contribution >= 4 is 15.9 Å². The molecule has 0 saturated heterocycles. The van der Waals surface area contributed by atoms with E-state index in [0.29, 0.717) is 35.2 Å². The summed E-state index contributed by atoms with van der Waals surface area (Å²) in [6.45, 7) is 0. The lowest BCUT2D eigenvalue weighted by atomic mass is 9.59. The molecule has 1 saturated carbocycles. The predicted molar refractivity (Wildman–Crippen MR) is 95.7 cm³/mol. The molecule has 2 N–H and O–H groups in total. The van der Waals surface area contributed by atoms with E-state index in [2.05, 4.69) is 28.1 Å². The van der Waals surface area contributed by atoms with Crippen LogP contribution in [0, 0.1) is 17.8 Å². The molecule has 1 aromatic rings. The fourth-order valence-electron chi connectivity index (χ4n) is 5.02. The Labute approximate surface area is 146 Å². The molecule has 0 heterocycles. The molecule has 3 aliphatic rings. The Morgan fingerprint density at radius 2 is 1.87 bits per heavy atom. The number of aliphatic hydroxyl groups excluding tert-OH is 1. The Kier molecular flexibility index (Phi) is 4.00. The van der Waals surface area contributed by atoms with E-state index in [9.17, 15) is 10.2 Å². The number of fused-ring (bicyclic) bond motifs is 3. The highest BCUT2D eigenvalue weighted by Crippen LogP contribution is 2.52. The fraction of sp³-hybridized carbons (Fsp3) is 0.500. The summed E-state index contributed by atoms with van der Waals surface area (Å²) in [7, 11) is 0. The summed E-state index contributed by atoms with van der Waals surface area (Å²) in [5, 5.41) is 19.7. The number of halogens is 1. The molecular weight excluding hydrogens is 352 g/mol. The molecule has 0 aliphatic heterocycles. The first-order valence-corrected chi connectivity index (χ1v) is 9.51. The summed E-state index contributed by atoms with van der Waals surface area (Å²) in [5.74, 6) is 3.24. The molecule has 0 radical (unpaired) electrons. The van der Waals surface area contributed by atoms with E-state index in [1.807, 2.05) is 18.2 Å². The summed E-state index contributed by atoms with van der Waals surface area (Å²) >= 11 is 3.48. The van der Waals surface area contributed by atoms with Gasteiger partial charge in [0.1, 0.15) is 11.5 Å². The lowest BCUT2D eigenvalue weighted by Gasteiger charge is -2.45. The Bertz CT molecular complexity index is 676. The standard InChI is InChI=1S/C20H23BrO2/c21-19-10-13-9-17(12-5-7-14(22)8-6-12)15-3-1-2-4-16(15)18(13)11-20(19)23/h5,7-8,10-12,15-17,22-23H,1-4,6,9H2/t12?,15-,16+,17-/m0/s1. The first-order valence-electron chi connectivity index (χ1n) is 8.72. The largest absolute Gasteiger partial charge is 0.508 e. The zero-order valence-corrected chi connectivity index (χ0v) is 14.8. The Hall–Kier alpha value is -1.22. The molecule has 23 heavy (non-hydrogen) atoms. The van der Waals surface area contributed by atoms with E-state index in [4.69, 9.17) is 0 Å². The number of hydrogen-bond donors (Lipinski definition) is 2. The van der Waals surface area contributed by atoms with E-state index in [-0.39, 0.29) is 0 Å². The van der Waals surface area contributed by atoms with Gasteiger partial charge >= 0.3 is 0 Å². The molecule has 1 unspecified atom stereocenters. The molecule has 1 aromatic carbocycles. The van der Waals surface area contributed by atoms with Crippen LogP contribution in [0.3, 0.4) is 0 Å². The fourth-order valence-corrected chi connectivity index (χ4v) is 5.41. The normalized spacial score (nSPS) is 32.8. The number of rotatable bonds is 1. The second-order valence-corrected chi connectivity index (χ2v) is 8.17. The third-order valence-electron chi connectivity index (χ3n) is 6.10.